The van der Waals surface area contributed by atoms with E-state index in [1.165, 1.54) is 12.2 Å². The van der Waals surface area contributed by atoms with Crippen LogP contribution in [-0.2, 0) is 11.2 Å². The predicted octanol–water partition coefficient (Wildman–Crippen LogP) is 2.05. The molecule has 4 N–H and O–H groups in total. The highest BCUT2D eigenvalue weighted by Crippen LogP contribution is 2.19. The van der Waals surface area contributed by atoms with Crippen LogP contribution in [0.1, 0.15) is 18.4 Å². The molecule has 112 valence electrons. The summed E-state index contributed by atoms with van der Waals surface area (Å²) < 4.78 is 0. The van der Waals surface area contributed by atoms with E-state index < -0.39 is 6.04 Å². The molecule has 3 rings (SSSR count). The quantitative estimate of drug-likeness (QED) is 0.809. The maximum Gasteiger partial charge on any atom is 0.237 e. The first-order valence-electron chi connectivity index (χ1n) is 7.43. The number of hydrogen-bond acceptors (Lipinski definition) is 3. The number of H-pyrrole nitrogens is 1. The van der Waals surface area contributed by atoms with Gasteiger partial charge in [-0.3, -0.25) is 4.79 Å². The molecule has 2 atom stereocenters. The first kappa shape index (κ1) is 14.5. The van der Waals surface area contributed by atoms with Gasteiger partial charge in [0.1, 0.15) is 0 Å². The Morgan fingerprint density at radius 3 is 3.14 bits per heavy atom. The van der Waals surface area contributed by atoms with Crippen LogP contribution in [0.25, 0.3) is 10.9 Å². The topological polar surface area (TPSA) is 70.9 Å². The minimum Gasteiger partial charge on any atom is -0.361 e. The van der Waals surface area contributed by atoms with Gasteiger partial charge in [-0.15, -0.1) is 0 Å². The lowest BCUT2D eigenvalue weighted by atomic mass is 10.0. The van der Waals surface area contributed by atoms with Crippen molar-refractivity contribution in [2.75, 3.05) is 11.5 Å². The molecule has 1 aliphatic rings. The standard InChI is InChI=1S/C16H21N3OS/c17-14(16(20)19-12-4-3-7-21-10-12)8-11-9-18-15-6-2-1-5-13(11)15/h1-2,5-6,9,12,14,18H,3-4,7-8,10,17H2,(H,19,20). The van der Waals surface area contributed by atoms with Crippen LogP contribution in [0.5, 0.6) is 0 Å². The van der Waals surface area contributed by atoms with E-state index in [0.717, 1.165) is 28.6 Å². The van der Waals surface area contributed by atoms with Gasteiger partial charge in [-0.05, 0) is 36.6 Å². The zero-order valence-corrected chi connectivity index (χ0v) is 12.8. The second kappa shape index (κ2) is 6.54. The molecular weight excluding hydrogens is 282 g/mol. The summed E-state index contributed by atoms with van der Waals surface area (Å²) in [4.78, 5) is 15.4. The molecule has 1 aliphatic heterocycles. The van der Waals surface area contributed by atoms with Gasteiger partial charge in [0.05, 0.1) is 6.04 Å². The number of fused-ring (bicyclic) bond motifs is 1. The van der Waals surface area contributed by atoms with Gasteiger partial charge in [-0.2, -0.15) is 11.8 Å². The van der Waals surface area contributed by atoms with E-state index in [9.17, 15) is 4.79 Å². The van der Waals surface area contributed by atoms with Crippen LogP contribution in [0.3, 0.4) is 0 Å². The highest BCUT2D eigenvalue weighted by molar-refractivity contribution is 7.99. The van der Waals surface area contributed by atoms with E-state index in [1.54, 1.807) is 0 Å². The Hall–Kier alpha value is -1.46. The van der Waals surface area contributed by atoms with Gasteiger partial charge >= 0.3 is 0 Å². The smallest absolute Gasteiger partial charge is 0.237 e. The molecule has 1 aromatic heterocycles. The lowest BCUT2D eigenvalue weighted by Gasteiger charge is -2.24. The van der Waals surface area contributed by atoms with E-state index in [0.29, 0.717) is 6.42 Å². The Bertz CT molecular complexity index is 619. The highest BCUT2D eigenvalue weighted by atomic mass is 32.2. The second-order valence-corrected chi connectivity index (χ2v) is 6.74. The van der Waals surface area contributed by atoms with Crippen molar-refractivity contribution in [2.45, 2.75) is 31.3 Å². The van der Waals surface area contributed by atoms with Crippen LogP contribution in [0.15, 0.2) is 30.5 Å². The summed E-state index contributed by atoms with van der Waals surface area (Å²) in [5, 5.41) is 4.23. The number of rotatable bonds is 4. The van der Waals surface area contributed by atoms with Crippen molar-refractivity contribution in [3.8, 4) is 0 Å². The van der Waals surface area contributed by atoms with Crippen molar-refractivity contribution < 1.29 is 4.79 Å². The molecule has 0 bridgehead atoms. The zero-order chi connectivity index (χ0) is 14.7. The first-order chi connectivity index (χ1) is 10.2. The SMILES string of the molecule is NC(Cc1c[nH]c2ccccc12)C(=O)NC1CCCSC1. The Morgan fingerprint density at radius 1 is 1.48 bits per heavy atom. The number of benzene rings is 1. The Morgan fingerprint density at radius 2 is 2.33 bits per heavy atom. The highest BCUT2D eigenvalue weighted by Gasteiger charge is 2.21. The van der Waals surface area contributed by atoms with Gasteiger partial charge in [0.2, 0.25) is 5.91 Å². The third-order valence-electron chi connectivity index (χ3n) is 3.96. The fourth-order valence-electron chi connectivity index (χ4n) is 2.79. The molecule has 1 saturated heterocycles. The molecule has 1 amide bonds. The van der Waals surface area contributed by atoms with Crippen molar-refractivity contribution in [1.29, 1.82) is 0 Å². The normalized spacial score (nSPS) is 20.3. The monoisotopic (exact) mass is 303 g/mol. The number of aromatic nitrogens is 1. The number of thioether (sulfide) groups is 1. The molecule has 21 heavy (non-hydrogen) atoms. The van der Waals surface area contributed by atoms with Crippen LogP contribution in [0.4, 0.5) is 0 Å². The van der Waals surface area contributed by atoms with Gasteiger partial charge in [-0.25, -0.2) is 0 Å². The van der Waals surface area contributed by atoms with E-state index in [1.807, 2.05) is 36.2 Å². The summed E-state index contributed by atoms with van der Waals surface area (Å²) in [6.45, 7) is 0. The van der Waals surface area contributed by atoms with Crippen LogP contribution in [-0.4, -0.2) is 34.5 Å². The molecule has 5 heteroatoms. The molecule has 0 saturated carbocycles. The first-order valence-corrected chi connectivity index (χ1v) is 8.58. The summed E-state index contributed by atoms with van der Waals surface area (Å²) in [7, 11) is 0. The average Bonchev–Trinajstić information content (AvgIpc) is 2.91. The van der Waals surface area contributed by atoms with Crippen molar-refractivity contribution in [3.05, 3.63) is 36.0 Å². The van der Waals surface area contributed by atoms with Gasteiger partial charge in [0.15, 0.2) is 0 Å². The summed E-state index contributed by atoms with van der Waals surface area (Å²) in [6, 6.07) is 7.88. The Balaban J connectivity index is 1.62. The zero-order valence-electron chi connectivity index (χ0n) is 12.0. The van der Waals surface area contributed by atoms with Gasteiger partial charge in [0, 0.05) is 28.9 Å². The number of nitrogens with two attached hydrogens (primary N) is 1. The molecule has 2 aromatic rings. The van der Waals surface area contributed by atoms with Gasteiger partial charge in [-0.1, -0.05) is 18.2 Å². The fraction of sp³-hybridized carbons (Fsp3) is 0.438. The van der Waals surface area contributed by atoms with Crippen LogP contribution < -0.4 is 11.1 Å². The van der Waals surface area contributed by atoms with Crippen molar-refractivity contribution in [3.63, 3.8) is 0 Å². The maximum atomic E-state index is 12.2. The van der Waals surface area contributed by atoms with E-state index in [2.05, 4.69) is 16.4 Å². The molecule has 2 heterocycles. The molecule has 0 radical (unpaired) electrons. The lowest BCUT2D eigenvalue weighted by molar-refractivity contribution is -0.122. The molecule has 2 unspecified atom stereocenters. The van der Waals surface area contributed by atoms with Crippen molar-refractivity contribution >= 4 is 28.6 Å². The van der Waals surface area contributed by atoms with E-state index in [-0.39, 0.29) is 11.9 Å². The van der Waals surface area contributed by atoms with E-state index in [4.69, 9.17) is 5.73 Å². The average molecular weight is 303 g/mol. The molecule has 0 aliphatic carbocycles. The lowest BCUT2D eigenvalue weighted by Crippen LogP contribution is -2.47. The Labute approximate surface area is 128 Å². The number of para-hydroxylation sites is 1. The number of carbonyl (C=O) groups is 1. The third-order valence-corrected chi connectivity index (χ3v) is 5.17. The van der Waals surface area contributed by atoms with Crippen LogP contribution >= 0.6 is 11.8 Å². The number of amides is 1. The Kier molecular flexibility index (Phi) is 4.51. The number of nitrogens with one attached hydrogen (secondary N) is 2. The second-order valence-electron chi connectivity index (χ2n) is 5.59. The summed E-state index contributed by atoms with van der Waals surface area (Å²) >= 11 is 1.90. The van der Waals surface area contributed by atoms with Gasteiger partial charge < -0.3 is 16.0 Å². The summed E-state index contributed by atoms with van der Waals surface area (Å²) in [5.74, 6) is 2.17. The molecule has 4 nitrogen and oxygen atoms in total. The maximum absolute atomic E-state index is 12.2. The number of hydrogen-bond donors (Lipinski definition) is 3. The molecule has 1 aromatic carbocycles. The molecule has 1 fully saturated rings. The van der Waals surface area contributed by atoms with Crippen LogP contribution in [0.2, 0.25) is 0 Å². The molecular formula is C16H21N3OS. The minimum absolute atomic E-state index is 0.0345. The molecule has 0 spiro atoms. The predicted molar refractivity (Wildman–Crippen MR) is 88.5 cm³/mol. The minimum atomic E-state index is -0.490. The van der Waals surface area contributed by atoms with Crippen molar-refractivity contribution in [1.82, 2.24) is 10.3 Å². The van der Waals surface area contributed by atoms with Crippen LogP contribution in [0, 0.1) is 0 Å². The summed E-state index contributed by atoms with van der Waals surface area (Å²) in [5.41, 5.74) is 8.27. The fourth-order valence-corrected chi connectivity index (χ4v) is 3.86. The van der Waals surface area contributed by atoms with E-state index >= 15 is 0 Å². The number of carbonyl (C=O) groups excluding carboxylic acids is 1. The van der Waals surface area contributed by atoms with Gasteiger partial charge in [0.25, 0.3) is 0 Å². The number of aromatic amines is 1. The summed E-state index contributed by atoms with van der Waals surface area (Å²) in [6.07, 6.45) is 4.76. The third kappa shape index (κ3) is 3.41. The van der Waals surface area contributed by atoms with Crippen molar-refractivity contribution in [2.24, 2.45) is 5.73 Å². The largest absolute Gasteiger partial charge is 0.361 e.